The number of alkyl halides is 6. The minimum absolute atomic E-state index is 0.114. The Morgan fingerprint density at radius 2 is 1.00 bits per heavy atom. The lowest BCUT2D eigenvalue weighted by atomic mass is 10.1. The molecule has 2 aromatic rings. The van der Waals surface area contributed by atoms with Gasteiger partial charge in [-0.1, -0.05) is 12.1 Å². The van der Waals surface area contributed by atoms with Gasteiger partial charge < -0.3 is 9.80 Å². The van der Waals surface area contributed by atoms with Crippen molar-refractivity contribution in [2.24, 2.45) is 0 Å². The van der Waals surface area contributed by atoms with Gasteiger partial charge in [-0.15, -0.1) is 0 Å². The van der Waals surface area contributed by atoms with Crippen LogP contribution in [0.5, 0.6) is 0 Å². The van der Waals surface area contributed by atoms with Gasteiger partial charge in [-0.2, -0.15) is 26.3 Å². The largest absolute Gasteiger partial charge is 0.416 e. The molecule has 28 heavy (non-hydrogen) atoms. The van der Waals surface area contributed by atoms with Gasteiger partial charge in [0, 0.05) is 11.4 Å². The quantitative estimate of drug-likeness (QED) is 0.710. The summed E-state index contributed by atoms with van der Waals surface area (Å²) >= 11 is 0. The molecule has 0 bridgehead atoms. The molecule has 1 saturated heterocycles. The second kappa shape index (κ2) is 6.84. The monoisotopic (exact) mass is 402 g/mol. The Morgan fingerprint density at radius 3 is 1.32 bits per heavy atom. The average Bonchev–Trinajstić information content (AvgIpc) is 2.62. The Labute approximate surface area is 155 Å². The lowest BCUT2D eigenvalue weighted by Crippen LogP contribution is -2.54. The highest BCUT2D eigenvalue weighted by atomic mass is 19.4. The third-order valence-electron chi connectivity index (χ3n) is 4.16. The Kier molecular flexibility index (Phi) is 4.82. The predicted octanol–water partition coefficient (Wildman–Crippen LogP) is 4.10. The van der Waals surface area contributed by atoms with Gasteiger partial charge in [-0.25, -0.2) is 0 Å². The minimum atomic E-state index is -4.62. The van der Waals surface area contributed by atoms with E-state index < -0.39 is 48.4 Å². The fourth-order valence-electron chi connectivity index (χ4n) is 2.79. The first kappa shape index (κ1) is 19.7. The Hall–Kier alpha value is -3.04. The normalized spacial score (nSPS) is 15.9. The first-order valence-electron chi connectivity index (χ1n) is 7.92. The van der Waals surface area contributed by atoms with E-state index in [2.05, 4.69) is 0 Å². The maximum atomic E-state index is 12.9. The van der Waals surface area contributed by atoms with Crippen LogP contribution in [0.2, 0.25) is 0 Å². The van der Waals surface area contributed by atoms with Crippen LogP contribution in [0.1, 0.15) is 11.1 Å². The molecule has 148 valence electrons. The summed E-state index contributed by atoms with van der Waals surface area (Å²) in [7, 11) is 0. The van der Waals surface area contributed by atoms with Crippen LogP contribution in [-0.2, 0) is 21.9 Å². The van der Waals surface area contributed by atoms with Crippen molar-refractivity contribution < 1.29 is 35.9 Å². The first-order valence-corrected chi connectivity index (χ1v) is 7.92. The van der Waals surface area contributed by atoms with E-state index in [9.17, 15) is 35.9 Å². The van der Waals surface area contributed by atoms with Crippen LogP contribution >= 0.6 is 0 Å². The zero-order valence-electron chi connectivity index (χ0n) is 14.0. The molecule has 4 nitrogen and oxygen atoms in total. The summed E-state index contributed by atoms with van der Waals surface area (Å²) < 4.78 is 77.1. The molecule has 0 aliphatic carbocycles. The number of piperazine rings is 1. The summed E-state index contributed by atoms with van der Waals surface area (Å²) in [6.07, 6.45) is -9.24. The molecule has 10 heteroatoms. The van der Waals surface area contributed by atoms with Crippen LogP contribution in [0.25, 0.3) is 0 Å². The van der Waals surface area contributed by atoms with E-state index in [1.165, 1.54) is 12.1 Å². The highest BCUT2D eigenvalue weighted by molar-refractivity contribution is 6.12. The fourth-order valence-corrected chi connectivity index (χ4v) is 2.79. The van der Waals surface area contributed by atoms with E-state index >= 15 is 0 Å². The molecular weight excluding hydrogens is 390 g/mol. The van der Waals surface area contributed by atoms with Gasteiger partial charge in [-0.05, 0) is 36.4 Å². The van der Waals surface area contributed by atoms with Gasteiger partial charge in [0.15, 0.2) is 0 Å². The number of carbonyl (C=O) groups is 2. The van der Waals surface area contributed by atoms with Gasteiger partial charge in [-0.3, -0.25) is 9.59 Å². The molecule has 0 spiro atoms. The van der Waals surface area contributed by atoms with E-state index in [-0.39, 0.29) is 11.4 Å². The number of hydrogen-bond donors (Lipinski definition) is 0. The number of anilines is 2. The SMILES string of the molecule is O=C1CN(c2cccc(C(F)(F)F)c2)C(=O)CN1c1cccc(C(F)(F)F)c1. The fraction of sp³-hybridized carbons (Fsp3) is 0.222. The zero-order chi connectivity index (χ0) is 20.7. The van der Waals surface area contributed by atoms with Crippen LogP contribution in [-0.4, -0.2) is 24.9 Å². The lowest BCUT2D eigenvalue weighted by molar-refractivity contribution is -0.138. The maximum Gasteiger partial charge on any atom is 0.416 e. The number of nitrogens with zero attached hydrogens (tertiary/aromatic N) is 2. The zero-order valence-corrected chi connectivity index (χ0v) is 14.0. The molecule has 0 saturated carbocycles. The van der Waals surface area contributed by atoms with Crippen LogP contribution in [0, 0.1) is 0 Å². The third-order valence-corrected chi connectivity index (χ3v) is 4.16. The van der Waals surface area contributed by atoms with Crippen molar-refractivity contribution in [2.75, 3.05) is 22.9 Å². The average molecular weight is 402 g/mol. The standard InChI is InChI=1S/C18H12F6N2O2/c19-17(20,21)11-3-1-5-13(7-11)25-9-16(28)26(10-15(25)27)14-6-2-4-12(8-14)18(22,23)24/h1-8H,9-10H2. The number of amides is 2. The Bertz CT molecular complexity index is 847. The van der Waals surface area contributed by atoms with Crippen LogP contribution in [0.4, 0.5) is 37.7 Å². The molecule has 0 N–H and O–H groups in total. The van der Waals surface area contributed by atoms with Crippen molar-refractivity contribution >= 4 is 23.2 Å². The van der Waals surface area contributed by atoms with E-state index in [0.717, 1.165) is 46.2 Å². The molecule has 0 aromatic heterocycles. The molecule has 1 aliphatic rings. The molecule has 0 atom stereocenters. The highest BCUT2D eigenvalue weighted by Crippen LogP contribution is 2.34. The van der Waals surface area contributed by atoms with Gasteiger partial charge >= 0.3 is 12.4 Å². The van der Waals surface area contributed by atoms with Crippen molar-refractivity contribution in [3.05, 3.63) is 59.7 Å². The molecule has 1 aliphatic heterocycles. The smallest absolute Gasteiger partial charge is 0.301 e. The van der Waals surface area contributed by atoms with Crippen LogP contribution < -0.4 is 9.80 Å². The molecule has 1 heterocycles. The van der Waals surface area contributed by atoms with Gasteiger partial charge in [0.2, 0.25) is 11.8 Å². The molecule has 0 unspecified atom stereocenters. The number of halogens is 6. The summed E-state index contributed by atoms with van der Waals surface area (Å²) in [5.74, 6) is -1.42. The molecule has 1 fully saturated rings. The predicted molar refractivity (Wildman–Crippen MR) is 87.6 cm³/mol. The van der Waals surface area contributed by atoms with E-state index in [4.69, 9.17) is 0 Å². The lowest BCUT2D eigenvalue weighted by Gasteiger charge is -2.34. The summed E-state index contributed by atoms with van der Waals surface area (Å²) in [4.78, 5) is 26.5. The summed E-state index contributed by atoms with van der Waals surface area (Å²) in [5.41, 5.74) is -2.19. The van der Waals surface area contributed by atoms with Crippen LogP contribution in [0.3, 0.4) is 0 Å². The Balaban J connectivity index is 1.86. The van der Waals surface area contributed by atoms with Crippen molar-refractivity contribution in [2.45, 2.75) is 12.4 Å². The van der Waals surface area contributed by atoms with Crippen molar-refractivity contribution in [1.29, 1.82) is 0 Å². The number of benzene rings is 2. The third kappa shape index (κ3) is 3.95. The maximum absolute atomic E-state index is 12.9. The Morgan fingerprint density at radius 1 is 0.643 bits per heavy atom. The van der Waals surface area contributed by atoms with E-state index in [0.29, 0.717) is 0 Å². The molecule has 0 radical (unpaired) electrons. The molecule has 2 amide bonds. The van der Waals surface area contributed by atoms with Crippen LogP contribution in [0.15, 0.2) is 48.5 Å². The number of hydrogen-bond acceptors (Lipinski definition) is 2. The van der Waals surface area contributed by atoms with E-state index in [1.54, 1.807) is 0 Å². The van der Waals surface area contributed by atoms with Gasteiger partial charge in [0.25, 0.3) is 0 Å². The van der Waals surface area contributed by atoms with Crippen molar-refractivity contribution in [1.82, 2.24) is 0 Å². The highest BCUT2D eigenvalue weighted by Gasteiger charge is 2.36. The minimum Gasteiger partial charge on any atom is -0.301 e. The first-order chi connectivity index (χ1) is 13.0. The number of rotatable bonds is 2. The topological polar surface area (TPSA) is 40.6 Å². The number of carbonyl (C=O) groups excluding carboxylic acids is 2. The second-order valence-corrected chi connectivity index (χ2v) is 6.06. The summed E-state index contributed by atoms with van der Waals surface area (Å²) in [6.45, 7) is -1.17. The van der Waals surface area contributed by atoms with Gasteiger partial charge in [0.05, 0.1) is 11.1 Å². The van der Waals surface area contributed by atoms with E-state index in [1.807, 2.05) is 0 Å². The molecular formula is C18H12F6N2O2. The summed E-state index contributed by atoms with van der Waals surface area (Å²) in [6, 6.07) is 7.85. The second-order valence-electron chi connectivity index (χ2n) is 6.06. The summed E-state index contributed by atoms with van der Waals surface area (Å²) in [5, 5.41) is 0. The molecule has 3 rings (SSSR count). The molecule has 2 aromatic carbocycles. The van der Waals surface area contributed by atoms with Crippen molar-refractivity contribution in [3.63, 3.8) is 0 Å². The van der Waals surface area contributed by atoms with Crippen molar-refractivity contribution in [3.8, 4) is 0 Å². The van der Waals surface area contributed by atoms with Gasteiger partial charge in [0.1, 0.15) is 13.1 Å².